The molecule has 2 aromatic rings. The van der Waals surface area contributed by atoms with Gasteiger partial charge in [-0.15, -0.1) is 0 Å². The molecular weight excluding hydrogens is 661 g/mol. The molecular formula is C49H84BNO3. The molecule has 1 atom stereocenters. The van der Waals surface area contributed by atoms with Crippen molar-refractivity contribution in [3.05, 3.63) is 71.6 Å². The molecule has 0 aromatic heterocycles. The van der Waals surface area contributed by atoms with Gasteiger partial charge in [0.1, 0.15) is 0 Å². The number of allylic oxidation sites excluding steroid dienone is 2. The van der Waals surface area contributed by atoms with Crippen molar-refractivity contribution in [3.8, 4) is 11.1 Å². The first kappa shape index (κ1) is 49.7. The van der Waals surface area contributed by atoms with Crippen molar-refractivity contribution in [1.82, 2.24) is 5.32 Å². The fourth-order valence-corrected chi connectivity index (χ4v) is 6.58. The van der Waals surface area contributed by atoms with E-state index in [1.807, 2.05) is 27.7 Å². The van der Waals surface area contributed by atoms with E-state index in [9.17, 15) is 0 Å². The highest BCUT2D eigenvalue weighted by Crippen LogP contribution is 2.54. The molecule has 0 bridgehead atoms. The maximum Gasteiger partial charge on any atom is 0.494 e. The first-order valence-electron chi connectivity index (χ1n) is 21.9. The zero-order chi connectivity index (χ0) is 41.5. The lowest BCUT2D eigenvalue weighted by molar-refractivity contribution is -0.0357. The van der Waals surface area contributed by atoms with Crippen molar-refractivity contribution in [3.63, 3.8) is 0 Å². The smallest absolute Gasteiger partial charge is 0.399 e. The summed E-state index contributed by atoms with van der Waals surface area (Å²) in [6.45, 7) is 44.2. The Morgan fingerprint density at radius 3 is 1.67 bits per heavy atom. The Bertz CT molecular complexity index is 1430. The highest BCUT2D eigenvalue weighted by atomic mass is 16.7. The second kappa shape index (κ2) is 22.4. The first-order chi connectivity index (χ1) is 25.5. The molecule has 4 nitrogen and oxygen atoms in total. The van der Waals surface area contributed by atoms with Crippen molar-refractivity contribution < 1.29 is 14.0 Å². The Hall–Kier alpha value is -2.34. The second-order valence-electron chi connectivity index (χ2n) is 16.9. The molecule has 6 rings (SSSR count). The van der Waals surface area contributed by atoms with Gasteiger partial charge in [0.15, 0.2) is 0 Å². The summed E-state index contributed by atoms with van der Waals surface area (Å²) in [6.07, 6.45) is 11.2. The number of ether oxygens (including phenoxy) is 1. The van der Waals surface area contributed by atoms with Crippen molar-refractivity contribution in [2.24, 2.45) is 17.3 Å². The molecule has 1 spiro atoms. The van der Waals surface area contributed by atoms with E-state index in [4.69, 9.17) is 14.0 Å². The number of hydrogen-bond donors (Lipinski definition) is 1. The number of benzene rings is 2. The third kappa shape index (κ3) is 12.1. The molecule has 2 saturated heterocycles. The number of hydrogen-bond acceptors (Lipinski definition) is 4. The third-order valence-corrected chi connectivity index (χ3v) is 11.4. The molecule has 3 fully saturated rings. The average molecular weight is 746 g/mol. The predicted molar refractivity (Wildman–Crippen MR) is 241 cm³/mol. The lowest BCUT2D eigenvalue weighted by Crippen LogP contribution is -2.47. The van der Waals surface area contributed by atoms with Gasteiger partial charge in [0.05, 0.1) is 29.8 Å². The Morgan fingerprint density at radius 2 is 1.26 bits per heavy atom. The molecule has 2 aliphatic carbocycles. The van der Waals surface area contributed by atoms with Crippen LogP contribution in [0.5, 0.6) is 0 Å². The minimum Gasteiger partial charge on any atom is -0.399 e. The molecule has 0 radical (unpaired) electrons. The van der Waals surface area contributed by atoms with Crippen LogP contribution in [0.2, 0.25) is 0 Å². The van der Waals surface area contributed by atoms with Gasteiger partial charge in [0.2, 0.25) is 0 Å². The quantitative estimate of drug-likeness (QED) is 0.260. The molecule has 2 aliphatic heterocycles. The van der Waals surface area contributed by atoms with Crippen molar-refractivity contribution >= 4 is 18.2 Å². The molecule has 0 amide bonds. The highest BCUT2D eigenvalue weighted by Gasteiger charge is 2.53. The van der Waals surface area contributed by atoms with Gasteiger partial charge in [-0.3, -0.25) is 0 Å². The first-order valence-corrected chi connectivity index (χ1v) is 21.9. The van der Waals surface area contributed by atoms with E-state index in [-0.39, 0.29) is 23.7 Å². The fraction of sp³-hybridized carbons (Fsp3) is 0.673. The van der Waals surface area contributed by atoms with Crippen molar-refractivity contribution in [2.45, 2.75) is 186 Å². The molecule has 0 unspecified atom stereocenters. The zero-order valence-corrected chi connectivity index (χ0v) is 38.6. The van der Waals surface area contributed by atoms with E-state index in [1.54, 1.807) is 0 Å². The van der Waals surface area contributed by atoms with Gasteiger partial charge < -0.3 is 19.4 Å². The predicted octanol–water partition coefficient (Wildman–Crippen LogP) is 13.9. The van der Waals surface area contributed by atoms with E-state index in [0.29, 0.717) is 24.5 Å². The lowest BCUT2D eigenvalue weighted by Gasteiger charge is -2.40. The Balaban J connectivity index is 0.000000846. The summed E-state index contributed by atoms with van der Waals surface area (Å²) in [5.74, 6) is 1.36. The third-order valence-electron chi connectivity index (χ3n) is 11.4. The SMILES string of the molecule is C=C(N/C=C(\C)c1ccc2c(c1)C1(COC1)c1cc(B3OC(C)(C)C(C)(C)O3)ccc1-2)[C@@H](C)CC1(CC)CC1.CC.CC.CCC.CCC.CCC(C)C. The van der Waals surface area contributed by atoms with Crippen LogP contribution in [-0.2, 0) is 19.5 Å². The van der Waals surface area contributed by atoms with Crippen LogP contribution < -0.4 is 10.8 Å². The van der Waals surface area contributed by atoms with Gasteiger partial charge in [0.25, 0.3) is 0 Å². The Kier molecular flexibility index (Phi) is 20.6. The van der Waals surface area contributed by atoms with Gasteiger partial charge in [-0.1, -0.05) is 153 Å². The van der Waals surface area contributed by atoms with Crippen LogP contribution in [0.15, 0.2) is 54.9 Å². The molecule has 306 valence electrons. The minimum absolute atomic E-state index is 0.106. The average Bonchev–Trinajstić information content (AvgIpc) is 3.78. The van der Waals surface area contributed by atoms with Crippen LogP contribution in [0.4, 0.5) is 0 Å². The van der Waals surface area contributed by atoms with Gasteiger partial charge in [-0.25, -0.2) is 0 Å². The summed E-state index contributed by atoms with van der Waals surface area (Å²) in [6, 6.07) is 13.6. The van der Waals surface area contributed by atoms with Crippen LogP contribution in [0.3, 0.4) is 0 Å². The van der Waals surface area contributed by atoms with Crippen molar-refractivity contribution in [1.29, 1.82) is 0 Å². The summed E-state index contributed by atoms with van der Waals surface area (Å²) < 4.78 is 18.6. The topological polar surface area (TPSA) is 39.7 Å². The summed E-state index contributed by atoms with van der Waals surface area (Å²) in [7, 11) is -0.364. The number of fused-ring (bicyclic) bond motifs is 5. The largest absolute Gasteiger partial charge is 0.494 e. The molecule has 2 aromatic carbocycles. The molecule has 1 saturated carbocycles. The molecule has 4 aliphatic rings. The summed E-state index contributed by atoms with van der Waals surface area (Å²) >= 11 is 0. The minimum atomic E-state index is -0.364. The fourth-order valence-electron chi connectivity index (χ4n) is 6.58. The van der Waals surface area contributed by atoms with Gasteiger partial charge in [0, 0.05) is 11.9 Å². The van der Waals surface area contributed by atoms with E-state index in [0.717, 1.165) is 17.1 Å². The standard InChI is InChI=1S/C34H44BNO3.C5H12.2C3H8.2C2H6/c1-9-33(14-15-33)18-22(2)24(4)36-19-23(3)25-10-12-27-28-13-11-26(35-38-31(5,6)32(7,8)39-35)17-30(28)34(20-37-21-34)29(27)16-25;1-4-5(2)3;2*1-3-2;2*1-2/h10-13,16-17,19,22,36H,4,9,14-15,18,20-21H2,1-3,5-8H3;5H,4H2,1-3H3;2*3H2,1-2H3;2*1-2H3/b23-19+;;;;;/t22-;;;;;/m0...../s1. The molecule has 5 heteroatoms. The lowest BCUT2D eigenvalue weighted by atomic mass is 9.72. The van der Waals surface area contributed by atoms with Gasteiger partial charge in [-0.05, 0) is 116 Å². The van der Waals surface area contributed by atoms with Gasteiger partial charge in [-0.2, -0.15) is 0 Å². The Labute approximate surface area is 335 Å². The van der Waals surface area contributed by atoms with E-state index < -0.39 is 0 Å². The highest BCUT2D eigenvalue weighted by molar-refractivity contribution is 6.62. The van der Waals surface area contributed by atoms with Crippen LogP contribution >= 0.6 is 0 Å². The van der Waals surface area contributed by atoms with Crippen LogP contribution in [0.1, 0.15) is 186 Å². The maximum absolute atomic E-state index is 6.38. The normalized spacial score (nSPS) is 18.9. The zero-order valence-electron chi connectivity index (χ0n) is 38.6. The summed E-state index contributed by atoms with van der Waals surface area (Å²) in [5, 5.41) is 3.53. The number of rotatable bonds is 9. The monoisotopic (exact) mass is 746 g/mol. The van der Waals surface area contributed by atoms with Gasteiger partial charge >= 0.3 is 7.12 Å². The van der Waals surface area contributed by atoms with Crippen LogP contribution in [0.25, 0.3) is 16.7 Å². The number of nitrogens with one attached hydrogen (secondary N) is 1. The Morgan fingerprint density at radius 1 is 0.796 bits per heavy atom. The molecule has 54 heavy (non-hydrogen) atoms. The summed E-state index contributed by atoms with van der Waals surface area (Å²) in [4.78, 5) is 0. The molecule has 2 heterocycles. The van der Waals surface area contributed by atoms with E-state index >= 15 is 0 Å². The van der Waals surface area contributed by atoms with Crippen LogP contribution in [0, 0.1) is 17.3 Å². The maximum atomic E-state index is 6.38. The van der Waals surface area contributed by atoms with Crippen LogP contribution in [-0.4, -0.2) is 31.5 Å². The molecule has 1 N–H and O–H groups in total. The summed E-state index contributed by atoms with van der Waals surface area (Å²) in [5.41, 5.74) is 9.70. The van der Waals surface area contributed by atoms with E-state index in [1.165, 1.54) is 78.3 Å². The van der Waals surface area contributed by atoms with E-state index in [2.05, 4.69) is 151 Å². The second-order valence-corrected chi connectivity index (χ2v) is 16.9. The van der Waals surface area contributed by atoms with Crippen molar-refractivity contribution in [2.75, 3.05) is 13.2 Å².